The number of para-hydroxylation sites is 1. The van der Waals surface area contributed by atoms with E-state index in [0.29, 0.717) is 13.2 Å². The van der Waals surface area contributed by atoms with Crippen molar-refractivity contribution in [3.63, 3.8) is 0 Å². The number of halogens is 1. The average molecular weight is 472 g/mol. The molecule has 4 heterocycles. The van der Waals surface area contributed by atoms with E-state index in [4.69, 9.17) is 32.1 Å². The zero-order chi connectivity index (χ0) is 22.9. The highest BCUT2D eigenvalue weighted by Crippen LogP contribution is 2.36. The Labute approximate surface area is 199 Å². The van der Waals surface area contributed by atoms with E-state index in [9.17, 15) is 0 Å². The Hall–Kier alpha value is -2.53. The third kappa shape index (κ3) is 5.89. The largest absolute Gasteiger partial charge is 0.379 e. The topological polar surface area (TPSA) is 91.5 Å². The number of aliphatic imine (C=N–C) groups is 1. The van der Waals surface area contributed by atoms with Gasteiger partial charge in [-0.2, -0.15) is 0 Å². The van der Waals surface area contributed by atoms with Crippen molar-refractivity contribution in [2.45, 2.75) is 5.91 Å². The second kappa shape index (κ2) is 11.6. The van der Waals surface area contributed by atoms with Crippen LogP contribution in [-0.2, 0) is 9.47 Å². The smallest absolute Gasteiger partial charge is 0.285 e. The van der Waals surface area contributed by atoms with Crippen LogP contribution in [0.1, 0.15) is 5.56 Å². The van der Waals surface area contributed by atoms with Crippen LogP contribution in [0.25, 0.3) is 5.70 Å². The van der Waals surface area contributed by atoms with Crippen LogP contribution in [0.3, 0.4) is 0 Å². The molecule has 9 nitrogen and oxygen atoms in total. The second-order valence-corrected chi connectivity index (χ2v) is 8.06. The molecule has 33 heavy (non-hydrogen) atoms. The van der Waals surface area contributed by atoms with Gasteiger partial charge in [-0.15, -0.1) is 0 Å². The van der Waals surface area contributed by atoms with Crippen molar-refractivity contribution in [2.24, 2.45) is 10.8 Å². The number of benzene rings is 1. The summed E-state index contributed by atoms with van der Waals surface area (Å²) in [4.78, 5) is 11.1. The number of allylic oxidation sites excluding steroid dienone is 1. The molecule has 3 aliphatic rings. The van der Waals surface area contributed by atoms with E-state index >= 15 is 0 Å². The van der Waals surface area contributed by atoms with Crippen molar-refractivity contribution in [1.82, 2.24) is 19.3 Å². The van der Waals surface area contributed by atoms with Crippen molar-refractivity contribution >= 4 is 29.4 Å². The molecule has 0 bridgehead atoms. The van der Waals surface area contributed by atoms with E-state index < -0.39 is 5.91 Å². The van der Waals surface area contributed by atoms with Crippen LogP contribution in [0, 0.1) is 0 Å². The molecule has 0 saturated carbocycles. The Morgan fingerprint density at radius 1 is 0.909 bits per heavy atom. The Morgan fingerprint density at radius 2 is 1.55 bits per heavy atom. The fourth-order valence-corrected chi connectivity index (χ4v) is 4.11. The average Bonchev–Trinajstić information content (AvgIpc) is 2.88. The standard InChI is InChI=1S/C19H20ClN5O.C4H10N2O/c20-25-18(16-6-9-21-10-7-16)8-11-22-19(25,24-12-14-26-15-13-24)23-17-4-2-1-3-5-17;5-6-1-3-7-4-2-6/h1-11,23H,12-15H2;1-5H2. The zero-order valence-corrected chi connectivity index (χ0v) is 19.3. The highest BCUT2D eigenvalue weighted by molar-refractivity contribution is 6.19. The highest BCUT2D eigenvalue weighted by Gasteiger charge is 2.45. The molecule has 0 radical (unpaired) electrons. The van der Waals surface area contributed by atoms with Gasteiger partial charge in [0.15, 0.2) is 0 Å². The summed E-state index contributed by atoms with van der Waals surface area (Å²) in [6.45, 7) is 6.07. The van der Waals surface area contributed by atoms with Gasteiger partial charge >= 0.3 is 0 Å². The summed E-state index contributed by atoms with van der Waals surface area (Å²) in [7, 11) is 0. The second-order valence-electron chi connectivity index (χ2n) is 7.72. The molecule has 0 amide bonds. The van der Waals surface area contributed by atoms with Crippen molar-refractivity contribution in [1.29, 1.82) is 0 Å². The van der Waals surface area contributed by atoms with E-state index in [1.165, 1.54) is 0 Å². The Balaban J connectivity index is 0.000000318. The van der Waals surface area contributed by atoms with Crippen LogP contribution in [0.4, 0.5) is 5.69 Å². The molecule has 2 fully saturated rings. The SMILES string of the molecule is ClN1C(c2ccncc2)=CC=NC1(Nc1ccccc1)N1CCOCC1.NN1CCOCC1. The van der Waals surface area contributed by atoms with Gasteiger partial charge in [0.25, 0.3) is 5.91 Å². The molecule has 2 saturated heterocycles. The summed E-state index contributed by atoms with van der Waals surface area (Å²) in [6.07, 6.45) is 7.23. The first-order chi connectivity index (χ1) is 16.2. The molecule has 1 atom stereocenters. The van der Waals surface area contributed by atoms with Gasteiger partial charge in [-0.3, -0.25) is 10.8 Å². The molecule has 3 aliphatic heterocycles. The number of hydrogen-bond acceptors (Lipinski definition) is 9. The third-order valence-corrected chi connectivity index (χ3v) is 5.95. The van der Waals surface area contributed by atoms with Gasteiger partial charge in [0.05, 0.1) is 32.1 Å². The van der Waals surface area contributed by atoms with Gasteiger partial charge < -0.3 is 14.8 Å². The van der Waals surface area contributed by atoms with Gasteiger partial charge in [-0.1, -0.05) is 18.2 Å². The van der Waals surface area contributed by atoms with Crippen molar-refractivity contribution < 1.29 is 9.47 Å². The quantitative estimate of drug-likeness (QED) is 0.518. The predicted octanol–water partition coefficient (Wildman–Crippen LogP) is 2.21. The Morgan fingerprint density at radius 3 is 2.15 bits per heavy atom. The lowest BCUT2D eigenvalue weighted by molar-refractivity contribution is -0.0390. The van der Waals surface area contributed by atoms with Crippen molar-refractivity contribution in [2.75, 3.05) is 57.9 Å². The lowest BCUT2D eigenvalue weighted by Crippen LogP contribution is -2.64. The number of nitrogens with two attached hydrogens (primary N) is 1. The first-order valence-electron chi connectivity index (χ1n) is 11.0. The Bertz CT molecular complexity index is 919. The number of nitrogens with zero attached hydrogens (tertiary/aromatic N) is 5. The van der Waals surface area contributed by atoms with Gasteiger partial charge in [0, 0.05) is 67.8 Å². The maximum Gasteiger partial charge on any atom is 0.285 e. The number of aromatic nitrogens is 1. The molecule has 176 valence electrons. The lowest BCUT2D eigenvalue weighted by Gasteiger charge is -2.48. The summed E-state index contributed by atoms with van der Waals surface area (Å²) >= 11 is 6.91. The number of pyridine rings is 1. The lowest BCUT2D eigenvalue weighted by atomic mass is 10.1. The molecular formula is C23H30ClN7O2. The molecular weight excluding hydrogens is 442 g/mol. The van der Waals surface area contributed by atoms with Crippen LogP contribution in [0.5, 0.6) is 0 Å². The molecule has 0 aliphatic carbocycles. The number of nitrogens with one attached hydrogen (secondary N) is 1. The van der Waals surface area contributed by atoms with E-state index in [0.717, 1.165) is 56.3 Å². The number of rotatable bonds is 4. The molecule has 2 aromatic rings. The summed E-state index contributed by atoms with van der Waals surface area (Å²) in [6, 6.07) is 13.8. The van der Waals surface area contributed by atoms with E-state index in [-0.39, 0.29) is 0 Å². The first kappa shape index (κ1) is 23.6. The number of ether oxygens (including phenoxy) is 2. The van der Waals surface area contributed by atoms with Crippen molar-refractivity contribution in [3.05, 3.63) is 66.5 Å². The van der Waals surface area contributed by atoms with E-state index in [1.54, 1.807) is 28.0 Å². The Kier molecular flexibility index (Phi) is 8.27. The molecule has 10 heteroatoms. The van der Waals surface area contributed by atoms with Gasteiger partial charge in [0.1, 0.15) is 0 Å². The van der Waals surface area contributed by atoms with Gasteiger partial charge in [-0.25, -0.2) is 19.3 Å². The first-order valence-corrected chi connectivity index (χ1v) is 11.4. The summed E-state index contributed by atoms with van der Waals surface area (Å²) < 4.78 is 12.2. The predicted molar refractivity (Wildman–Crippen MR) is 130 cm³/mol. The fourth-order valence-electron chi connectivity index (χ4n) is 3.76. The monoisotopic (exact) mass is 471 g/mol. The third-order valence-electron chi connectivity index (χ3n) is 5.53. The van der Waals surface area contributed by atoms with Gasteiger partial charge in [0.2, 0.25) is 0 Å². The van der Waals surface area contributed by atoms with Crippen LogP contribution >= 0.6 is 11.8 Å². The summed E-state index contributed by atoms with van der Waals surface area (Å²) in [5.74, 6) is 4.46. The molecule has 1 aromatic carbocycles. The molecule has 1 unspecified atom stereocenters. The normalized spacial score (nSPS) is 23.9. The minimum Gasteiger partial charge on any atom is -0.379 e. The van der Waals surface area contributed by atoms with Crippen molar-refractivity contribution in [3.8, 4) is 0 Å². The van der Waals surface area contributed by atoms with Crippen LogP contribution < -0.4 is 11.2 Å². The number of anilines is 1. The van der Waals surface area contributed by atoms with Crippen LogP contribution in [0.15, 0.2) is 65.9 Å². The van der Waals surface area contributed by atoms with E-state index in [1.807, 2.05) is 48.5 Å². The maximum atomic E-state index is 6.91. The molecule has 1 aromatic heterocycles. The number of morpholine rings is 2. The maximum absolute atomic E-state index is 6.91. The minimum absolute atomic E-state index is 0.646. The summed E-state index contributed by atoms with van der Waals surface area (Å²) in [5.41, 5.74) is 2.78. The number of hydrazine groups is 1. The van der Waals surface area contributed by atoms with Crippen LogP contribution in [0.2, 0.25) is 0 Å². The molecule has 5 rings (SSSR count). The molecule has 0 spiro atoms. The zero-order valence-electron chi connectivity index (χ0n) is 18.5. The minimum atomic E-state index is -0.931. The fraction of sp³-hybridized carbons (Fsp3) is 0.391. The van der Waals surface area contributed by atoms with Gasteiger partial charge in [-0.05, 0) is 30.3 Å². The number of hydrogen-bond donors (Lipinski definition) is 2. The van der Waals surface area contributed by atoms with Crippen LogP contribution in [-0.4, -0.2) is 84.0 Å². The summed E-state index contributed by atoms with van der Waals surface area (Å²) in [5, 5.41) is 5.29. The molecule has 3 N–H and O–H groups in total. The highest BCUT2D eigenvalue weighted by atomic mass is 35.5. The van der Waals surface area contributed by atoms with E-state index in [2.05, 4.69) is 15.2 Å².